The van der Waals surface area contributed by atoms with Crippen molar-refractivity contribution in [3.63, 3.8) is 0 Å². The number of hydrogen-bond acceptors (Lipinski definition) is 7. The highest BCUT2D eigenvalue weighted by molar-refractivity contribution is 7.80. The van der Waals surface area contributed by atoms with E-state index in [-0.39, 0.29) is 23.2 Å². The van der Waals surface area contributed by atoms with Gasteiger partial charge < -0.3 is 19.6 Å². The zero-order valence-electron chi connectivity index (χ0n) is 18.5. The molecule has 2 amide bonds. The van der Waals surface area contributed by atoms with Crippen LogP contribution in [0.15, 0.2) is 0 Å². The molecule has 2 fully saturated rings. The lowest BCUT2D eigenvalue weighted by Crippen LogP contribution is -2.57. The monoisotopic (exact) mass is 430 g/mol. The molecule has 0 aromatic carbocycles. The molecule has 0 aliphatic carbocycles. The van der Waals surface area contributed by atoms with Gasteiger partial charge in [0.1, 0.15) is 11.7 Å². The lowest BCUT2D eigenvalue weighted by molar-refractivity contribution is -0.158. The first-order chi connectivity index (χ1) is 13.5. The smallest absolute Gasteiger partial charge is 0.254 e. The number of thiol groups is 1. The fourth-order valence-corrected chi connectivity index (χ4v) is 4.05. The van der Waals surface area contributed by atoms with Gasteiger partial charge in [0.25, 0.3) is 11.8 Å². The zero-order valence-corrected chi connectivity index (χ0v) is 19.4. The van der Waals surface area contributed by atoms with Gasteiger partial charge in [-0.25, -0.2) is 0 Å². The number of carbonyl (C=O) groups excluding carboxylic acids is 2. The van der Waals surface area contributed by atoms with E-state index in [0.29, 0.717) is 32.8 Å². The second-order valence-electron chi connectivity index (χ2n) is 8.67. The van der Waals surface area contributed by atoms with E-state index < -0.39 is 11.7 Å². The molecular formula is C20H38N4O4S. The molecule has 2 rings (SSSR count). The highest BCUT2D eigenvalue weighted by Gasteiger charge is 2.36. The summed E-state index contributed by atoms with van der Waals surface area (Å²) >= 11 is 4.47. The lowest BCUT2D eigenvalue weighted by Gasteiger charge is -2.41. The van der Waals surface area contributed by atoms with Crippen LogP contribution in [0.5, 0.6) is 0 Å². The van der Waals surface area contributed by atoms with Crippen molar-refractivity contribution in [2.24, 2.45) is 0 Å². The molecule has 2 aliphatic heterocycles. The maximum absolute atomic E-state index is 12.9. The summed E-state index contributed by atoms with van der Waals surface area (Å²) in [5.74, 6) is -0.184. The van der Waals surface area contributed by atoms with Crippen molar-refractivity contribution in [2.45, 2.75) is 57.7 Å². The number of ether oxygens (including phenoxy) is 1. The first kappa shape index (κ1) is 24.4. The number of hydrogen-bond donors (Lipinski definition) is 2. The van der Waals surface area contributed by atoms with Gasteiger partial charge >= 0.3 is 0 Å². The molecule has 2 unspecified atom stereocenters. The van der Waals surface area contributed by atoms with Crippen LogP contribution in [0, 0.1) is 0 Å². The van der Waals surface area contributed by atoms with Crippen molar-refractivity contribution in [1.82, 2.24) is 19.6 Å². The van der Waals surface area contributed by atoms with E-state index in [1.807, 2.05) is 18.7 Å². The molecule has 0 spiro atoms. The van der Waals surface area contributed by atoms with Crippen molar-refractivity contribution in [3.05, 3.63) is 0 Å². The van der Waals surface area contributed by atoms with Crippen LogP contribution >= 0.6 is 12.6 Å². The first-order valence-electron chi connectivity index (χ1n) is 10.6. The summed E-state index contributed by atoms with van der Waals surface area (Å²) < 4.78 is 6.06. The highest BCUT2D eigenvalue weighted by Crippen LogP contribution is 2.18. The van der Waals surface area contributed by atoms with Crippen LogP contribution in [-0.2, 0) is 14.3 Å². The predicted molar refractivity (Wildman–Crippen MR) is 116 cm³/mol. The molecule has 1 N–H and O–H groups in total. The number of aliphatic hydroxyl groups excluding tert-OH is 1. The van der Waals surface area contributed by atoms with Crippen LogP contribution in [-0.4, -0.2) is 119 Å². The minimum Gasteiger partial charge on any atom is -0.384 e. The number of carbonyl (C=O) groups is 2. The summed E-state index contributed by atoms with van der Waals surface area (Å²) in [6.07, 6.45) is -0.952. The molecule has 2 saturated heterocycles. The fourth-order valence-electron chi connectivity index (χ4n) is 3.82. The quantitative estimate of drug-likeness (QED) is 0.559. The Morgan fingerprint density at radius 3 is 1.90 bits per heavy atom. The van der Waals surface area contributed by atoms with Crippen LogP contribution < -0.4 is 0 Å². The molecule has 2 aliphatic rings. The van der Waals surface area contributed by atoms with E-state index in [1.54, 1.807) is 4.90 Å². The number of aliphatic hydroxyl groups is 1. The van der Waals surface area contributed by atoms with Crippen molar-refractivity contribution in [1.29, 1.82) is 0 Å². The Balaban J connectivity index is 1.78. The SMILES string of the molecule is CC(O)C(=O)N1CCN(C(C)COC(C)(C)C(=O)N2CCN([C@H](C)S)CC2)CC1. The van der Waals surface area contributed by atoms with Crippen molar-refractivity contribution < 1.29 is 19.4 Å². The van der Waals surface area contributed by atoms with Crippen LogP contribution in [0.3, 0.4) is 0 Å². The van der Waals surface area contributed by atoms with Crippen molar-refractivity contribution in [3.8, 4) is 0 Å². The van der Waals surface area contributed by atoms with Gasteiger partial charge in [0, 0.05) is 58.4 Å². The summed E-state index contributed by atoms with van der Waals surface area (Å²) in [7, 11) is 0. The molecule has 0 aromatic heterocycles. The third-order valence-corrected chi connectivity index (χ3v) is 6.26. The number of piperazine rings is 2. The molecular weight excluding hydrogens is 392 g/mol. The minimum atomic E-state index is -0.952. The third kappa shape index (κ3) is 6.55. The van der Waals surface area contributed by atoms with Gasteiger partial charge in [0.15, 0.2) is 0 Å². The Hall–Kier alpha value is -0.870. The van der Waals surface area contributed by atoms with E-state index in [2.05, 4.69) is 36.3 Å². The maximum Gasteiger partial charge on any atom is 0.254 e. The number of nitrogens with zero attached hydrogens (tertiary/aromatic N) is 4. The van der Waals surface area contributed by atoms with Gasteiger partial charge in [0.05, 0.1) is 12.0 Å². The number of amides is 2. The highest BCUT2D eigenvalue weighted by atomic mass is 32.1. The molecule has 3 atom stereocenters. The molecule has 0 radical (unpaired) electrons. The maximum atomic E-state index is 12.9. The van der Waals surface area contributed by atoms with Crippen LogP contribution in [0.1, 0.15) is 34.6 Å². The molecule has 0 saturated carbocycles. The molecule has 0 aromatic rings. The van der Waals surface area contributed by atoms with Crippen LogP contribution in [0.25, 0.3) is 0 Å². The Labute approximate surface area is 180 Å². The fraction of sp³-hybridized carbons (Fsp3) is 0.900. The lowest BCUT2D eigenvalue weighted by atomic mass is 10.1. The zero-order chi connectivity index (χ0) is 21.8. The minimum absolute atomic E-state index is 0.0310. The van der Waals surface area contributed by atoms with Gasteiger partial charge in [0.2, 0.25) is 0 Å². The van der Waals surface area contributed by atoms with Gasteiger partial charge in [-0.15, -0.1) is 0 Å². The Kier molecular flexibility index (Phi) is 8.78. The summed E-state index contributed by atoms with van der Waals surface area (Å²) in [6, 6.07) is 0.146. The largest absolute Gasteiger partial charge is 0.384 e. The summed E-state index contributed by atoms with van der Waals surface area (Å²) in [6.45, 7) is 15.5. The first-order valence-corrected chi connectivity index (χ1v) is 11.1. The van der Waals surface area contributed by atoms with E-state index in [1.165, 1.54) is 6.92 Å². The second kappa shape index (κ2) is 10.4. The van der Waals surface area contributed by atoms with E-state index in [0.717, 1.165) is 26.2 Å². The van der Waals surface area contributed by atoms with E-state index >= 15 is 0 Å². The van der Waals surface area contributed by atoms with Crippen LogP contribution in [0.2, 0.25) is 0 Å². The summed E-state index contributed by atoms with van der Waals surface area (Å²) in [5, 5.41) is 9.66. The summed E-state index contributed by atoms with van der Waals surface area (Å²) in [4.78, 5) is 33.0. The molecule has 168 valence electrons. The standard InChI is InChI=1S/C20H38N4O4S/c1-15(21-6-10-23(11-7-21)18(26)16(2)25)14-28-20(4,5)19(27)24-12-8-22(9-13-24)17(3)29/h15-17,25,29H,6-14H2,1-5H3/t15?,16?,17-/m0/s1. The Bertz CT molecular complexity index is 557. The van der Waals surface area contributed by atoms with Gasteiger partial charge in [-0.3, -0.25) is 19.4 Å². The molecule has 29 heavy (non-hydrogen) atoms. The summed E-state index contributed by atoms with van der Waals surface area (Å²) in [5.41, 5.74) is -0.868. The van der Waals surface area contributed by atoms with E-state index in [4.69, 9.17) is 4.74 Å². The van der Waals surface area contributed by atoms with Crippen LogP contribution in [0.4, 0.5) is 0 Å². The molecule has 2 heterocycles. The van der Waals surface area contributed by atoms with Gasteiger partial charge in [-0.05, 0) is 34.6 Å². The average Bonchev–Trinajstić information content (AvgIpc) is 2.71. The predicted octanol–water partition coefficient (Wildman–Crippen LogP) is 0.115. The van der Waals surface area contributed by atoms with Gasteiger partial charge in [-0.1, -0.05) is 0 Å². The van der Waals surface area contributed by atoms with Crippen molar-refractivity contribution in [2.75, 3.05) is 59.0 Å². The molecule has 0 bridgehead atoms. The Morgan fingerprint density at radius 2 is 1.41 bits per heavy atom. The average molecular weight is 431 g/mol. The molecule has 8 nitrogen and oxygen atoms in total. The normalized spacial score (nSPS) is 23.0. The molecule has 9 heteroatoms. The topological polar surface area (TPSA) is 76.6 Å². The van der Waals surface area contributed by atoms with E-state index in [9.17, 15) is 14.7 Å². The van der Waals surface area contributed by atoms with Crippen molar-refractivity contribution >= 4 is 24.4 Å². The third-order valence-electron chi connectivity index (χ3n) is 5.94. The van der Waals surface area contributed by atoms with Gasteiger partial charge in [-0.2, -0.15) is 12.6 Å². The second-order valence-corrected chi connectivity index (χ2v) is 9.41. The Morgan fingerprint density at radius 1 is 0.931 bits per heavy atom. The number of rotatable bonds is 7.